The number of halogens is 1. The molecule has 0 aliphatic heterocycles. The number of rotatable bonds is 4. The summed E-state index contributed by atoms with van der Waals surface area (Å²) in [5, 5.41) is 4.34. The van der Waals surface area contributed by atoms with Crippen LogP contribution in [0.1, 0.15) is 30.5 Å². The molecule has 2 aromatic carbocycles. The van der Waals surface area contributed by atoms with Crippen LogP contribution >= 0.6 is 11.6 Å². The van der Waals surface area contributed by atoms with E-state index in [1.807, 2.05) is 25.1 Å². The number of hydrogen-bond donors (Lipinski definition) is 1. The molecule has 0 aromatic heterocycles. The van der Waals surface area contributed by atoms with Crippen LogP contribution in [-0.4, -0.2) is 0 Å². The summed E-state index contributed by atoms with van der Waals surface area (Å²) in [5.74, 6) is 0. The lowest BCUT2D eigenvalue weighted by Crippen LogP contribution is -2.09. The smallest absolute Gasteiger partial charge is 0.0511 e. The second kappa shape index (κ2) is 5.92. The number of nitrogens with one attached hydrogen (secondary N) is 1. The topological polar surface area (TPSA) is 12.0 Å². The molecule has 1 unspecified atom stereocenters. The first-order chi connectivity index (χ1) is 8.70. The lowest BCUT2D eigenvalue weighted by molar-refractivity contribution is 0.749. The first-order valence-corrected chi connectivity index (χ1v) is 6.66. The Balaban J connectivity index is 2.18. The van der Waals surface area contributed by atoms with Gasteiger partial charge in [0.2, 0.25) is 0 Å². The quantitative estimate of drug-likeness (QED) is 0.795. The van der Waals surface area contributed by atoms with Crippen molar-refractivity contribution in [1.29, 1.82) is 0 Å². The van der Waals surface area contributed by atoms with Crippen LogP contribution in [0.15, 0.2) is 48.5 Å². The Morgan fingerprint density at radius 1 is 1.11 bits per heavy atom. The third-order valence-corrected chi connectivity index (χ3v) is 3.53. The van der Waals surface area contributed by atoms with E-state index < -0.39 is 0 Å². The zero-order valence-electron chi connectivity index (χ0n) is 10.8. The van der Waals surface area contributed by atoms with Crippen LogP contribution in [0, 0.1) is 6.92 Å². The molecule has 0 amide bonds. The SMILES string of the molecule is CCC(Nc1ccc(C)c(Cl)c1)c1ccccc1. The zero-order valence-corrected chi connectivity index (χ0v) is 11.5. The molecule has 94 valence electrons. The monoisotopic (exact) mass is 259 g/mol. The number of anilines is 1. The van der Waals surface area contributed by atoms with E-state index >= 15 is 0 Å². The van der Waals surface area contributed by atoms with E-state index in [9.17, 15) is 0 Å². The van der Waals surface area contributed by atoms with Crippen molar-refractivity contribution in [2.45, 2.75) is 26.3 Å². The minimum Gasteiger partial charge on any atom is -0.378 e. The first-order valence-electron chi connectivity index (χ1n) is 6.28. The first kappa shape index (κ1) is 13.0. The maximum atomic E-state index is 6.15. The summed E-state index contributed by atoms with van der Waals surface area (Å²) in [4.78, 5) is 0. The van der Waals surface area contributed by atoms with Crippen LogP contribution < -0.4 is 5.32 Å². The Hall–Kier alpha value is -1.47. The fourth-order valence-electron chi connectivity index (χ4n) is 1.99. The molecule has 0 radical (unpaired) electrons. The zero-order chi connectivity index (χ0) is 13.0. The fourth-order valence-corrected chi connectivity index (χ4v) is 2.17. The Labute approximate surface area is 114 Å². The van der Waals surface area contributed by atoms with Crippen molar-refractivity contribution in [3.63, 3.8) is 0 Å². The van der Waals surface area contributed by atoms with Crippen molar-refractivity contribution >= 4 is 17.3 Å². The molecule has 1 nitrogen and oxygen atoms in total. The number of hydrogen-bond acceptors (Lipinski definition) is 1. The summed E-state index contributed by atoms with van der Waals surface area (Å²) in [6.07, 6.45) is 1.04. The molecule has 0 aliphatic carbocycles. The van der Waals surface area contributed by atoms with Gasteiger partial charge in [-0.3, -0.25) is 0 Å². The van der Waals surface area contributed by atoms with E-state index in [1.54, 1.807) is 0 Å². The summed E-state index contributed by atoms with van der Waals surface area (Å²) in [7, 11) is 0. The molecule has 2 aromatic rings. The van der Waals surface area contributed by atoms with E-state index in [2.05, 4.69) is 42.6 Å². The lowest BCUT2D eigenvalue weighted by Gasteiger charge is -2.19. The average Bonchev–Trinajstić information content (AvgIpc) is 2.41. The second-order valence-electron chi connectivity index (χ2n) is 4.48. The molecule has 0 aliphatic rings. The molecule has 18 heavy (non-hydrogen) atoms. The van der Waals surface area contributed by atoms with E-state index in [0.29, 0.717) is 6.04 Å². The molecule has 0 spiro atoms. The summed E-state index contributed by atoms with van der Waals surface area (Å²) in [5.41, 5.74) is 3.48. The van der Waals surface area contributed by atoms with Gasteiger partial charge < -0.3 is 5.32 Å². The number of benzene rings is 2. The van der Waals surface area contributed by atoms with Crippen molar-refractivity contribution in [3.8, 4) is 0 Å². The highest BCUT2D eigenvalue weighted by Gasteiger charge is 2.08. The Morgan fingerprint density at radius 2 is 1.83 bits per heavy atom. The third kappa shape index (κ3) is 3.05. The Kier molecular flexibility index (Phi) is 4.27. The van der Waals surface area contributed by atoms with Gasteiger partial charge >= 0.3 is 0 Å². The third-order valence-electron chi connectivity index (χ3n) is 3.12. The standard InChI is InChI=1S/C16H18ClN/c1-3-16(13-7-5-4-6-8-13)18-14-10-9-12(2)15(17)11-14/h4-11,16,18H,3H2,1-2H3. The van der Waals surface area contributed by atoms with Crippen LogP contribution in [-0.2, 0) is 0 Å². The average molecular weight is 260 g/mol. The van der Waals surface area contributed by atoms with Gasteiger partial charge in [0, 0.05) is 10.7 Å². The number of aryl methyl sites for hydroxylation is 1. The van der Waals surface area contributed by atoms with Gasteiger partial charge in [0.05, 0.1) is 6.04 Å². The van der Waals surface area contributed by atoms with Gasteiger partial charge in [0.15, 0.2) is 0 Å². The van der Waals surface area contributed by atoms with Gasteiger partial charge in [0.1, 0.15) is 0 Å². The molecule has 2 rings (SSSR count). The van der Waals surface area contributed by atoms with Crippen LogP contribution in [0.3, 0.4) is 0 Å². The highest BCUT2D eigenvalue weighted by Crippen LogP contribution is 2.25. The summed E-state index contributed by atoms with van der Waals surface area (Å²) in [6.45, 7) is 4.20. The van der Waals surface area contributed by atoms with Gasteiger partial charge in [-0.2, -0.15) is 0 Å². The maximum Gasteiger partial charge on any atom is 0.0511 e. The predicted molar refractivity (Wildman–Crippen MR) is 79.3 cm³/mol. The van der Waals surface area contributed by atoms with Crippen LogP contribution in [0.5, 0.6) is 0 Å². The molecule has 0 saturated carbocycles. The van der Waals surface area contributed by atoms with Crippen molar-refractivity contribution in [2.75, 3.05) is 5.32 Å². The molecule has 2 heteroatoms. The summed E-state index contributed by atoms with van der Waals surface area (Å²) < 4.78 is 0. The largest absolute Gasteiger partial charge is 0.378 e. The van der Waals surface area contributed by atoms with Gasteiger partial charge in [-0.05, 0) is 36.6 Å². The molecule has 1 N–H and O–H groups in total. The van der Waals surface area contributed by atoms with E-state index in [4.69, 9.17) is 11.6 Å². The fraction of sp³-hybridized carbons (Fsp3) is 0.250. The second-order valence-corrected chi connectivity index (χ2v) is 4.89. The summed E-state index contributed by atoms with van der Waals surface area (Å²) >= 11 is 6.15. The molecule has 1 atom stereocenters. The van der Waals surface area contributed by atoms with Crippen molar-refractivity contribution in [2.24, 2.45) is 0 Å². The van der Waals surface area contributed by atoms with E-state index in [0.717, 1.165) is 22.7 Å². The molecule has 0 heterocycles. The van der Waals surface area contributed by atoms with Crippen LogP contribution in [0.4, 0.5) is 5.69 Å². The highest BCUT2D eigenvalue weighted by molar-refractivity contribution is 6.31. The van der Waals surface area contributed by atoms with Crippen LogP contribution in [0.2, 0.25) is 5.02 Å². The minimum absolute atomic E-state index is 0.324. The highest BCUT2D eigenvalue weighted by atomic mass is 35.5. The van der Waals surface area contributed by atoms with Gasteiger partial charge in [-0.25, -0.2) is 0 Å². The van der Waals surface area contributed by atoms with Crippen molar-refractivity contribution in [3.05, 3.63) is 64.7 Å². The molecular formula is C16H18ClN. The summed E-state index contributed by atoms with van der Waals surface area (Å²) in [6, 6.07) is 16.9. The van der Waals surface area contributed by atoms with Gasteiger partial charge in [-0.1, -0.05) is 54.9 Å². The molecule has 0 fully saturated rings. The Bertz CT molecular complexity index is 508. The maximum absolute atomic E-state index is 6.15. The minimum atomic E-state index is 0.324. The van der Waals surface area contributed by atoms with Gasteiger partial charge in [-0.15, -0.1) is 0 Å². The molecule has 0 saturated heterocycles. The molecular weight excluding hydrogens is 242 g/mol. The van der Waals surface area contributed by atoms with E-state index in [-0.39, 0.29) is 0 Å². The normalized spacial score (nSPS) is 12.2. The van der Waals surface area contributed by atoms with Crippen molar-refractivity contribution < 1.29 is 0 Å². The predicted octanol–water partition coefficient (Wildman–Crippen LogP) is 5.21. The lowest BCUT2D eigenvalue weighted by atomic mass is 10.0. The van der Waals surface area contributed by atoms with E-state index in [1.165, 1.54) is 5.56 Å². The Morgan fingerprint density at radius 3 is 2.44 bits per heavy atom. The van der Waals surface area contributed by atoms with Crippen molar-refractivity contribution in [1.82, 2.24) is 0 Å². The van der Waals surface area contributed by atoms with Crippen LogP contribution in [0.25, 0.3) is 0 Å². The molecule has 0 bridgehead atoms. The van der Waals surface area contributed by atoms with Gasteiger partial charge in [0.25, 0.3) is 0 Å².